The van der Waals surface area contributed by atoms with Crippen molar-refractivity contribution in [1.29, 1.82) is 0 Å². The minimum atomic E-state index is -3.47. The van der Waals surface area contributed by atoms with Gasteiger partial charge in [-0.15, -0.1) is 0 Å². The molecule has 11 heteroatoms. The van der Waals surface area contributed by atoms with E-state index in [1.807, 2.05) is 31.2 Å². The molecule has 192 valence electrons. The van der Waals surface area contributed by atoms with Crippen molar-refractivity contribution >= 4 is 38.7 Å². The third-order valence-corrected chi connectivity index (χ3v) is 7.03. The first kappa shape index (κ1) is 25.8. The van der Waals surface area contributed by atoms with Gasteiger partial charge in [-0.1, -0.05) is 12.1 Å². The molecule has 3 aromatic rings. The molecular weight excluding hydrogens is 485 g/mol. The first-order valence-electron chi connectivity index (χ1n) is 11.5. The van der Waals surface area contributed by atoms with Gasteiger partial charge in [-0.05, 0) is 42.3 Å². The highest BCUT2D eigenvalue weighted by Gasteiger charge is 2.19. The summed E-state index contributed by atoms with van der Waals surface area (Å²) in [7, 11) is -0.123. The second-order valence-corrected chi connectivity index (χ2v) is 10.7. The minimum Gasteiger partial charge on any atom is -0.380 e. The lowest BCUT2D eigenvalue weighted by molar-refractivity contribution is 0.122. The van der Waals surface area contributed by atoms with Gasteiger partial charge in [-0.2, -0.15) is 4.98 Å². The van der Waals surface area contributed by atoms with Crippen molar-refractivity contribution < 1.29 is 22.3 Å². The maximum Gasteiger partial charge on any atom is 0.229 e. The SMILES string of the molecule is COCc1ccc(C)c(N(C)c2nc(Nc3cc(N4CCOCC4)cc(S(C)(=O)=O)c3)ncc2F)c1. The van der Waals surface area contributed by atoms with E-state index >= 15 is 0 Å². The molecule has 1 N–H and O–H groups in total. The fourth-order valence-electron chi connectivity index (χ4n) is 4.04. The maximum absolute atomic E-state index is 14.8. The summed E-state index contributed by atoms with van der Waals surface area (Å²) in [5, 5.41) is 3.06. The van der Waals surface area contributed by atoms with Gasteiger partial charge in [0.2, 0.25) is 5.95 Å². The van der Waals surface area contributed by atoms with Gasteiger partial charge in [0.1, 0.15) is 0 Å². The lowest BCUT2D eigenvalue weighted by atomic mass is 10.1. The highest BCUT2D eigenvalue weighted by atomic mass is 32.2. The van der Waals surface area contributed by atoms with Crippen molar-refractivity contribution in [2.24, 2.45) is 0 Å². The van der Waals surface area contributed by atoms with E-state index in [0.717, 1.165) is 35.0 Å². The standard InChI is InChI=1S/C25H30FN5O4S/c1-17-5-6-18(16-34-3)11-23(17)30(2)24-22(26)15-27-25(29-24)28-19-12-20(31-7-9-35-10-8-31)14-21(13-19)36(4,32)33/h5-6,11-15H,7-10,16H2,1-4H3,(H,27,28,29). The molecule has 0 radical (unpaired) electrons. The van der Waals surface area contributed by atoms with Gasteiger partial charge in [-0.25, -0.2) is 17.8 Å². The molecule has 4 rings (SSSR count). The Morgan fingerprint density at radius 3 is 2.64 bits per heavy atom. The molecule has 0 spiro atoms. The Bertz CT molecular complexity index is 1350. The van der Waals surface area contributed by atoms with E-state index in [-0.39, 0.29) is 16.7 Å². The first-order valence-corrected chi connectivity index (χ1v) is 13.3. The van der Waals surface area contributed by atoms with E-state index in [2.05, 4.69) is 20.2 Å². The molecule has 1 saturated heterocycles. The number of nitrogens with zero attached hydrogens (tertiary/aromatic N) is 4. The van der Waals surface area contributed by atoms with E-state index in [9.17, 15) is 12.8 Å². The van der Waals surface area contributed by atoms with Crippen molar-refractivity contribution in [2.75, 3.05) is 61.8 Å². The van der Waals surface area contributed by atoms with Crippen LogP contribution < -0.4 is 15.1 Å². The zero-order valence-electron chi connectivity index (χ0n) is 20.8. The van der Waals surface area contributed by atoms with Crippen LogP contribution >= 0.6 is 0 Å². The fourth-order valence-corrected chi connectivity index (χ4v) is 4.72. The predicted molar refractivity (Wildman–Crippen MR) is 138 cm³/mol. The number of aromatic nitrogens is 2. The minimum absolute atomic E-state index is 0.0813. The van der Waals surface area contributed by atoms with Gasteiger partial charge in [0.25, 0.3) is 0 Å². The lowest BCUT2D eigenvalue weighted by Gasteiger charge is -2.29. The number of nitrogens with one attached hydrogen (secondary N) is 1. The summed E-state index contributed by atoms with van der Waals surface area (Å²) in [6, 6.07) is 10.8. The van der Waals surface area contributed by atoms with E-state index in [4.69, 9.17) is 9.47 Å². The monoisotopic (exact) mass is 515 g/mol. The molecule has 0 aliphatic carbocycles. The summed E-state index contributed by atoms with van der Waals surface area (Å²) < 4.78 is 50.2. The van der Waals surface area contributed by atoms with Crippen LogP contribution in [0.2, 0.25) is 0 Å². The zero-order valence-corrected chi connectivity index (χ0v) is 21.6. The smallest absolute Gasteiger partial charge is 0.229 e. The molecule has 0 bridgehead atoms. The van der Waals surface area contributed by atoms with E-state index in [0.29, 0.717) is 38.6 Å². The number of benzene rings is 2. The summed E-state index contributed by atoms with van der Waals surface area (Å²) in [4.78, 5) is 12.4. The van der Waals surface area contributed by atoms with Crippen LogP contribution in [0.5, 0.6) is 0 Å². The van der Waals surface area contributed by atoms with E-state index in [1.54, 1.807) is 25.1 Å². The summed E-state index contributed by atoms with van der Waals surface area (Å²) in [6.45, 7) is 4.79. The van der Waals surface area contributed by atoms with Gasteiger partial charge in [-0.3, -0.25) is 0 Å². The normalized spacial score (nSPS) is 14.1. The number of anilines is 5. The highest BCUT2D eigenvalue weighted by Crippen LogP contribution is 2.31. The molecule has 0 atom stereocenters. The number of morpholine rings is 1. The summed E-state index contributed by atoms with van der Waals surface area (Å²) >= 11 is 0. The predicted octanol–water partition coefficient (Wildman–Crippen LogP) is 3.82. The third kappa shape index (κ3) is 5.92. The Balaban J connectivity index is 1.68. The number of sulfone groups is 1. The van der Waals surface area contributed by atoms with E-state index in [1.165, 1.54) is 6.07 Å². The number of methoxy groups -OCH3 is 1. The van der Waals surface area contributed by atoms with Crippen LogP contribution in [0.15, 0.2) is 47.5 Å². The van der Waals surface area contributed by atoms with Crippen molar-refractivity contribution in [2.45, 2.75) is 18.4 Å². The van der Waals surface area contributed by atoms with Crippen molar-refractivity contribution in [3.05, 3.63) is 59.5 Å². The lowest BCUT2D eigenvalue weighted by Crippen LogP contribution is -2.36. The number of hydrogen-bond acceptors (Lipinski definition) is 9. The quantitative estimate of drug-likeness (QED) is 0.480. The van der Waals surface area contributed by atoms with Crippen LogP contribution in [0, 0.1) is 12.7 Å². The number of ether oxygens (including phenoxy) is 2. The Morgan fingerprint density at radius 1 is 1.19 bits per heavy atom. The van der Waals surface area contributed by atoms with Gasteiger partial charge in [0.15, 0.2) is 21.5 Å². The summed E-state index contributed by atoms with van der Waals surface area (Å²) in [5.74, 6) is -0.362. The number of aryl methyl sites for hydroxylation is 1. The molecule has 0 saturated carbocycles. The summed E-state index contributed by atoms with van der Waals surface area (Å²) in [6.07, 6.45) is 2.26. The third-order valence-electron chi connectivity index (χ3n) is 5.94. The van der Waals surface area contributed by atoms with Crippen molar-refractivity contribution in [3.8, 4) is 0 Å². The highest BCUT2D eigenvalue weighted by molar-refractivity contribution is 7.90. The van der Waals surface area contributed by atoms with Crippen LogP contribution in [0.3, 0.4) is 0 Å². The maximum atomic E-state index is 14.8. The molecule has 2 heterocycles. The Hall–Kier alpha value is -3.28. The molecule has 1 fully saturated rings. The van der Waals surface area contributed by atoms with Crippen LogP contribution in [-0.2, 0) is 25.9 Å². The first-order chi connectivity index (χ1) is 17.2. The molecule has 1 aliphatic heterocycles. The topological polar surface area (TPSA) is 96.9 Å². The summed E-state index contributed by atoms with van der Waals surface area (Å²) in [5.41, 5.74) is 3.90. The van der Waals surface area contributed by atoms with Crippen molar-refractivity contribution in [3.63, 3.8) is 0 Å². The molecule has 1 aliphatic rings. The molecule has 9 nitrogen and oxygen atoms in total. The van der Waals surface area contributed by atoms with Crippen molar-refractivity contribution in [1.82, 2.24) is 9.97 Å². The average Bonchev–Trinajstić information content (AvgIpc) is 2.86. The zero-order chi connectivity index (χ0) is 25.9. The van der Waals surface area contributed by atoms with Gasteiger partial charge in [0.05, 0.1) is 30.9 Å². The van der Waals surface area contributed by atoms with Crippen LogP contribution in [0.25, 0.3) is 0 Å². The largest absolute Gasteiger partial charge is 0.380 e. The molecule has 1 aromatic heterocycles. The molecular formula is C25H30FN5O4S. The van der Waals surface area contributed by atoms with Gasteiger partial charge < -0.3 is 24.6 Å². The van der Waals surface area contributed by atoms with E-state index < -0.39 is 15.7 Å². The molecule has 2 aromatic carbocycles. The van der Waals surface area contributed by atoms with Gasteiger partial charge >= 0.3 is 0 Å². The molecule has 0 unspecified atom stereocenters. The molecule has 36 heavy (non-hydrogen) atoms. The van der Waals surface area contributed by atoms with Crippen LogP contribution in [-0.4, -0.2) is 65.1 Å². The fraction of sp³-hybridized carbons (Fsp3) is 0.360. The Labute approximate surface area is 210 Å². The Kier molecular flexibility index (Phi) is 7.72. The molecule has 0 amide bonds. The average molecular weight is 516 g/mol. The second kappa shape index (κ2) is 10.8. The number of halogens is 1. The Morgan fingerprint density at radius 2 is 1.94 bits per heavy atom. The number of rotatable bonds is 8. The number of hydrogen-bond donors (Lipinski definition) is 1. The van der Waals surface area contributed by atoms with Crippen LogP contribution in [0.4, 0.5) is 33.2 Å². The van der Waals surface area contributed by atoms with Crippen LogP contribution in [0.1, 0.15) is 11.1 Å². The van der Waals surface area contributed by atoms with Gasteiger partial charge in [0, 0.05) is 50.6 Å². The second-order valence-electron chi connectivity index (χ2n) is 8.69.